The monoisotopic (exact) mass is 346 g/mol. The fraction of sp³-hybridized carbons (Fsp3) is 0.0526. The molecular formula is C19H14N4OS. The Labute approximate surface area is 149 Å². The number of fused-ring (bicyclic) bond motifs is 1. The van der Waals surface area contributed by atoms with E-state index in [1.807, 2.05) is 61.5 Å². The molecule has 0 unspecified atom stereocenters. The Kier molecular flexibility index (Phi) is 3.82. The molecule has 0 aromatic heterocycles. The summed E-state index contributed by atoms with van der Waals surface area (Å²) < 4.78 is 0. The summed E-state index contributed by atoms with van der Waals surface area (Å²) in [6, 6.07) is 17.4. The van der Waals surface area contributed by atoms with Crippen molar-refractivity contribution in [2.24, 2.45) is 10.1 Å². The van der Waals surface area contributed by atoms with Gasteiger partial charge in [-0.25, -0.2) is 0 Å². The molecule has 2 heterocycles. The van der Waals surface area contributed by atoms with E-state index >= 15 is 0 Å². The highest BCUT2D eigenvalue weighted by Crippen LogP contribution is 2.30. The van der Waals surface area contributed by atoms with Crippen LogP contribution in [0.15, 0.2) is 70.3 Å². The molecule has 2 aromatic carbocycles. The van der Waals surface area contributed by atoms with Crippen LogP contribution in [0.25, 0.3) is 6.08 Å². The van der Waals surface area contributed by atoms with Crippen LogP contribution in [0.2, 0.25) is 0 Å². The molecule has 0 aliphatic carbocycles. The lowest BCUT2D eigenvalue weighted by atomic mass is 10.1. The summed E-state index contributed by atoms with van der Waals surface area (Å²) in [4.78, 5) is 16.5. The van der Waals surface area contributed by atoms with E-state index in [0.29, 0.717) is 5.17 Å². The Hall–Kier alpha value is -2.99. The molecule has 122 valence electrons. The Balaban J connectivity index is 1.69. The van der Waals surface area contributed by atoms with Crippen molar-refractivity contribution < 1.29 is 4.79 Å². The number of hydrazone groups is 1. The first-order valence-corrected chi connectivity index (χ1v) is 8.56. The summed E-state index contributed by atoms with van der Waals surface area (Å²) in [7, 11) is 0. The van der Waals surface area contributed by atoms with Crippen molar-refractivity contribution >= 4 is 39.8 Å². The van der Waals surface area contributed by atoms with E-state index in [2.05, 4.69) is 10.1 Å². The van der Waals surface area contributed by atoms with Crippen molar-refractivity contribution in [2.75, 3.05) is 0 Å². The molecule has 2 aromatic rings. The standard InChI is InChI=1S/C19H14N4OS/c1-12-7-9-14(10-8-12)18-22-23-16(20)15(17(24)21-19(23)25-18)11-13-5-3-2-4-6-13/h2-11,20H,1H3/b15-11+,20-16?. The van der Waals surface area contributed by atoms with Crippen LogP contribution < -0.4 is 0 Å². The maximum Gasteiger partial charge on any atom is 0.283 e. The quantitative estimate of drug-likeness (QED) is 0.844. The number of rotatable bonds is 2. The number of nitrogens with zero attached hydrogens (tertiary/aromatic N) is 3. The van der Waals surface area contributed by atoms with Crippen molar-refractivity contribution in [2.45, 2.75) is 6.92 Å². The first-order valence-electron chi connectivity index (χ1n) is 7.74. The molecule has 5 nitrogen and oxygen atoms in total. The van der Waals surface area contributed by atoms with Gasteiger partial charge in [0.05, 0.1) is 5.57 Å². The number of hydrogen-bond donors (Lipinski definition) is 1. The van der Waals surface area contributed by atoms with Crippen LogP contribution in [0.1, 0.15) is 16.7 Å². The van der Waals surface area contributed by atoms with Gasteiger partial charge in [0.2, 0.25) is 5.17 Å². The molecule has 6 heteroatoms. The minimum absolute atomic E-state index is 0.0495. The third kappa shape index (κ3) is 2.92. The zero-order valence-electron chi connectivity index (χ0n) is 13.4. The Morgan fingerprint density at radius 2 is 1.80 bits per heavy atom. The SMILES string of the molecule is Cc1ccc(C2=NN3C(=N)/C(=C\c4ccccc4)C(=O)N=C3S2)cc1. The maximum atomic E-state index is 12.4. The van der Waals surface area contributed by atoms with Gasteiger partial charge in [-0.15, -0.1) is 0 Å². The smallest absolute Gasteiger partial charge is 0.282 e. The van der Waals surface area contributed by atoms with E-state index in [4.69, 9.17) is 5.41 Å². The molecule has 1 amide bonds. The molecule has 0 fully saturated rings. The summed E-state index contributed by atoms with van der Waals surface area (Å²) >= 11 is 1.31. The van der Waals surface area contributed by atoms with Crippen LogP contribution in [0.3, 0.4) is 0 Å². The summed E-state index contributed by atoms with van der Waals surface area (Å²) in [5.74, 6) is -0.360. The third-order valence-corrected chi connectivity index (χ3v) is 4.82. The summed E-state index contributed by atoms with van der Waals surface area (Å²) in [5.41, 5.74) is 3.20. The normalized spacial score (nSPS) is 18.3. The fourth-order valence-corrected chi connectivity index (χ4v) is 3.42. The van der Waals surface area contributed by atoms with Gasteiger partial charge in [0.15, 0.2) is 5.84 Å². The van der Waals surface area contributed by atoms with Gasteiger partial charge in [-0.3, -0.25) is 10.2 Å². The largest absolute Gasteiger partial charge is 0.283 e. The number of thioether (sulfide) groups is 1. The van der Waals surface area contributed by atoms with Gasteiger partial charge >= 0.3 is 0 Å². The summed E-state index contributed by atoms with van der Waals surface area (Å²) in [5, 5.41) is 15.4. The molecule has 0 atom stereocenters. The average Bonchev–Trinajstić information content (AvgIpc) is 3.04. The molecule has 2 aliphatic rings. The van der Waals surface area contributed by atoms with Gasteiger partial charge in [-0.2, -0.15) is 15.1 Å². The highest BCUT2D eigenvalue weighted by Gasteiger charge is 2.35. The van der Waals surface area contributed by atoms with Crippen LogP contribution in [-0.2, 0) is 4.79 Å². The lowest BCUT2D eigenvalue weighted by Crippen LogP contribution is -2.35. The van der Waals surface area contributed by atoms with Gasteiger partial charge in [-0.1, -0.05) is 60.2 Å². The molecule has 0 saturated carbocycles. The second-order valence-electron chi connectivity index (χ2n) is 5.70. The van der Waals surface area contributed by atoms with Gasteiger partial charge in [0.1, 0.15) is 5.04 Å². The van der Waals surface area contributed by atoms with E-state index < -0.39 is 5.91 Å². The summed E-state index contributed by atoms with van der Waals surface area (Å²) in [6.45, 7) is 2.02. The molecule has 25 heavy (non-hydrogen) atoms. The highest BCUT2D eigenvalue weighted by molar-refractivity contribution is 8.27. The molecule has 0 saturated heterocycles. The first-order chi connectivity index (χ1) is 12.1. The lowest BCUT2D eigenvalue weighted by Gasteiger charge is -2.20. The van der Waals surface area contributed by atoms with E-state index in [1.54, 1.807) is 6.08 Å². The predicted molar refractivity (Wildman–Crippen MR) is 102 cm³/mol. The second-order valence-corrected chi connectivity index (χ2v) is 6.66. The van der Waals surface area contributed by atoms with Gasteiger partial charge in [0.25, 0.3) is 5.91 Å². The molecule has 1 N–H and O–H groups in total. The van der Waals surface area contributed by atoms with Gasteiger partial charge < -0.3 is 0 Å². The van der Waals surface area contributed by atoms with Crippen molar-refractivity contribution in [1.29, 1.82) is 5.41 Å². The number of nitrogens with one attached hydrogen (secondary N) is 1. The summed E-state index contributed by atoms with van der Waals surface area (Å²) in [6.07, 6.45) is 1.68. The molecule has 4 rings (SSSR count). The molecular weight excluding hydrogens is 332 g/mol. The van der Waals surface area contributed by atoms with Crippen LogP contribution >= 0.6 is 11.8 Å². The topological polar surface area (TPSA) is 68.9 Å². The Bertz CT molecular complexity index is 959. The number of benzene rings is 2. The van der Waals surface area contributed by atoms with E-state index in [1.165, 1.54) is 22.3 Å². The number of carbonyl (C=O) groups is 1. The van der Waals surface area contributed by atoms with Crippen molar-refractivity contribution in [3.05, 3.63) is 76.9 Å². The molecule has 0 spiro atoms. The molecule has 2 aliphatic heterocycles. The lowest BCUT2D eigenvalue weighted by molar-refractivity contribution is -0.114. The van der Waals surface area contributed by atoms with Gasteiger partial charge in [-0.05, 0) is 30.3 Å². The van der Waals surface area contributed by atoms with E-state index in [9.17, 15) is 4.79 Å². The number of carbonyl (C=O) groups excluding carboxylic acids is 1. The molecule has 0 bridgehead atoms. The van der Waals surface area contributed by atoms with Crippen LogP contribution in [0.4, 0.5) is 0 Å². The van der Waals surface area contributed by atoms with E-state index in [0.717, 1.165) is 16.2 Å². The number of hydrogen-bond acceptors (Lipinski definition) is 4. The minimum Gasteiger partial charge on any atom is -0.282 e. The number of amides is 1. The number of amidine groups is 2. The van der Waals surface area contributed by atoms with Crippen molar-refractivity contribution in [3.8, 4) is 0 Å². The minimum atomic E-state index is -0.409. The van der Waals surface area contributed by atoms with Crippen LogP contribution in [-0.4, -0.2) is 27.0 Å². The Morgan fingerprint density at radius 3 is 2.52 bits per heavy atom. The predicted octanol–water partition coefficient (Wildman–Crippen LogP) is 3.66. The zero-order chi connectivity index (χ0) is 17.4. The number of aryl methyl sites for hydroxylation is 1. The first kappa shape index (κ1) is 15.5. The third-order valence-electron chi connectivity index (χ3n) is 3.86. The van der Waals surface area contributed by atoms with Crippen molar-refractivity contribution in [1.82, 2.24) is 5.01 Å². The maximum absolute atomic E-state index is 12.4. The second kappa shape index (κ2) is 6.14. The highest BCUT2D eigenvalue weighted by atomic mass is 32.2. The fourth-order valence-electron chi connectivity index (χ4n) is 2.52. The van der Waals surface area contributed by atoms with Crippen LogP contribution in [0, 0.1) is 12.3 Å². The number of aliphatic imine (C=N–C) groups is 1. The molecule has 0 radical (unpaired) electrons. The van der Waals surface area contributed by atoms with E-state index in [-0.39, 0.29) is 11.4 Å². The van der Waals surface area contributed by atoms with Crippen LogP contribution in [0.5, 0.6) is 0 Å². The average molecular weight is 346 g/mol. The van der Waals surface area contributed by atoms with Crippen molar-refractivity contribution in [3.63, 3.8) is 0 Å². The zero-order valence-corrected chi connectivity index (χ0v) is 14.2. The Morgan fingerprint density at radius 1 is 1.08 bits per heavy atom. The van der Waals surface area contributed by atoms with Gasteiger partial charge in [0, 0.05) is 5.56 Å².